The zero-order valence-corrected chi connectivity index (χ0v) is 7.50. The number of halogens is 2. The molecule has 0 aliphatic rings. The molecule has 0 atom stereocenters. The van der Waals surface area contributed by atoms with Crippen LogP contribution in [0.2, 0.25) is 0 Å². The van der Waals surface area contributed by atoms with Crippen LogP contribution in [0.4, 0.5) is 8.78 Å². The van der Waals surface area contributed by atoms with Gasteiger partial charge in [0.25, 0.3) is 5.92 Å². The Morgan fingerprint density at radius 3 is 2.79 bits per heavy atom. The number of carboxylic acid groups (broad SMARTS) is 1. The number of hydrogen-bond acceptors (Lipinski definition) is 2. The maximum Gasteiger partial charge on any atom is 0.309 e. The van der Waals surface area contributed by atoms with Gasteiger partial charge in [0.05, 0.1) is 12.1 Å². The van der Waals surface area contributed by atoms with E-state index in [0.29, 0.717) is 0 Å². The highest BCUT2D eigenvalue weighted by Crippen LogP contribution is 2.26. The molecule has 5 heteroatoms. The van der Waals surface area contributed by atoms with Crippen molar-refractivity contribution in [3.8, 4) is 0 Å². The average molecular weight is 201 g/mol. The highest BCUT2D eigenvalue weighted by atomic mass is 19.3. The van der Waals surface area contributed by atoms with E-state index >= 15 is 0 Å². The standard InChI is InChI=1S/C9H9F2NO2/c1-9(10,11)6-2-3-12-7(4-6)5-8(13)14/h2-4H,5H2,1H3,(H,13,14). The number of alkyl halides is 2. The molecule has 1 N–H and O–H groups in total. The van der Waals surface area contributed by atoms with Gasteiger partial charge in [0.15, 0.2) is 0 Å². The topological polar surface area (TPSA) is 50.2 Å². The third-order valence-electron chi connectivity index (χ3n) is 1.66. The molecule has 0 unspecified atom stereocenters. The normalized spacial score (nSPS) is 11.4. The molecule has 0 aliphatic heterocycles. The smallest absolute Gasteiger partial charge is 0.309 e. The predicted molar refractivity (Wildman–Crippen MR) is 45.1 cm³/mol. The van der Waals surface area contributed by atoms with Crippen molar-refractivity contribution in [3.05, 3.63) is 29.6 Å². The van der Waals surface area contributed by atoms with E-state index in [0.717, 1.165) is 13.0 Å². The van der Waals surface area contributed by atoms with Crippen molar-refractivity contribution in [1.29, 1.82) is 0 Å². The maximum absolute atomic E-state index is 12.8. The first kappa shape index (κ1) is 10.6. The Morgan fingerprint density at radius 1 is 1.64 bits per heavy atom. The number of aromatic nitrogens is 1. The van der Waals surface area contributed by atoms with E-state index in [2.05, 4.69) is 4.98 Å². The fraction of sp³-hybridized carbons (Fsp3) is 0.333. The second kappa shape index (κ2) is 3.69. The van der Waals surface area contributed by atoms with Gasteiger partial charge in [-0.25, -0.2) is 8.78 Å². The first-order valence-corrected chi connectivity index (χ1v) is 3.94. The van der Waals surface area contributed by atoms with Gasteiger partial charge in [-0.1, -0.05) is 0 Å². The van der Waals surface area contributed by atoms with E-state index in [1.165, 1.54) is 12.3 Å². The Hall–Kier alpha value is -1.52. The van der Waals surface area contributed by atoms with Crippen molar-refractivity contribution in [1.82, 2.24) is 4.98 Å². The molecular weight excluding hydrogens is 192 g/mol. The van der Waals surface area contributed by atoms with Crippen LogP contribution in [0.5, 0.6) is 0 Å². The lowest BCUT2D eigenvalue weighted by Crippen LogP contribution is -2.09. The summed E-state index contributed by atoms with van der Waals surface area (Å²) in [6, 6.07) is 2.28. The lowest BCUT2D eigenvalue weighted by Gasteiger charge is -2.10. The fourth-order valence-corrected chi connectivity index (χ4v) is 1.00. The molecule has 0 amide bonds. The molecule has 0 saturated carbocycles. The van der Waals surface area contributed by atoms with Crippen molar-refractivity contribution < 1.29 is 18.7 Å². The molecule has 76 valence electrons. The molecule has 0 fully saturated rings. The molecule has 14 heavy (non-hydrogen) atoms. The van der Waals surface area contributed by atoms with Crippen LogP contribution in [-0.2, 0) is 17.1 Å². The molecule has 1 rings (SSSR count). The molecule has 1 aromatic rings. The summed E-state index contributed by atoms with van der Waals surface area (Å²) < 4.78 is 25.6. The minimum absolute atomic E-state index is 0.136. The van der Waals surface area contributed by atoms with Crippen molar-refractivity contribution in [2.45, 2.75) is 19.3 Å². The van der Waals surface area contributed by atoms with Crippen LogP contribution in [0.1, 0.15) is 18.2 Å². The van der Waals surface area contributed by atoms with Gasteiger partial charge in [-0.05, 0) is 12.1 Å². The molecule has 1 aromatic heterocycles. The number of pyridine rings is 1. The summed E-state index contributed by atoms with van der Waals surface area (Å²) >= 11 is 0. The second-order valence-electron chi connectivity index (χ2n) is 2.99. The monoisotopic (exact) mass is 201 g/mol. The molecule has 0 spiro atoms. The SMILES string of the molecule is CC(F)(F)c1ccnc(CC(=O)O)c1. The van der Waals surface area contributed by atoms with E-state index in [1.54, 1.807) is 0 Å². The summed E-state index contributed by atoms with van der Waals surface area (Å²) in [6.07, 6.45) is 0.842. The number of carbonyl (C=O) groups is 1. The van der Waals surface area contributed by atoms with Crippen LogP contribution in [-0.4, -0.2) is 16.1 Å². The van der Waals surface area contributed by atoms with Gasteiger partial charge in [-0.15, -0.1) is 0 Å². The zero-order chi connectivity index (χ0) is 10.8. The van der Waals surface area contributed by atoms with E-state index in [9.17, 15) is 13.6 Å². The quantitative estimate of drug-likeness (QED) is 0.811. The molecule has 0 saturated heterocycles. The molecule has 0 radical (unpaired) electrons. The Kier molecular flexibility index (Phi) is 2.78. The molecule has 0 aromatic carbocycles. The van der Waals surface area contributed by atoms with Crippen molar-refractivity contribution in [2.24, 2.45) is 0 Å². The van der Waals surface area contributed by atoms with Gasteiger partial charge >= 0.3 is 5.97 Å². The molecule has 0 aliphatic carbocycles. The summed E-state index contributed by atoms with van der Waals surface area (Å²) in [5.41, 5.74) is -0.0831. The predicted octanol–water partition coefficient (Wildman–Crippen LogP) is 1.82. The summed E-state index contributed by atoms with van der Waals surface area (Å²) in [5, 5.41) is 8.43. The maximum atomic E-state index is 12.8. The number of rotatable bonds is 3. The minimum Gasteiger partial charge on any atom is -0.481 e. The lowest BCUT2D eigenvalue weighted by molar-refractivity contribution is -0.136. The van der Waals surface area contributed by atoms with Crippen molar-refractivity contribution in [3.63, 3.8) is 0 Å². The van der Waals surface area contributed by atoms with Gasteiger partial charge in [0, 0.05) is 18.7 Å². The summed E-state index contributed by atoms with van der Waals surface area (Å²) in [4.78, 5) is 14.0. The summed E-state index contributed by atoms with van der Waals surface area (Å²) in [5.74, 6) is -4.05. The fourth-order valence-electron chi connectivity index (χ4n) is 1.00. The minimum atomic E-state index is -2.96. The number of nitrogens with zero attached hydrogens (tertiary/aromatic N) is 1. The number of aliphatic carboxylic acids is 1. The van der Waals surface area contributed by atoms with Gasteiger partial charge in [0.1, 0.15) is 0 Å². The Morgan fingerprint density at radius 2 is 2.29 bits per heavy atom. The molecule has 3 nitrogen and oxygen atoms in total. The molecule has 1 heterocycles. The second-order valence-corrected chi connectivity index (χ2v) is 2.99. The number of carboxylic acids is 1. The Balaban J connectivity index is 2.95. The van der Waals surface area contributed by atoms with Crippen LogP contribution in [0, 0.1) is 0 Å². The van der Waals surface area contributed by atoms with Crippen LogP contribution >= 0.6 is 0 Å². The van der Waals surface area contributed by atoms with Crippen LogP contribution in [0.25, 0.3) is 0 Å². The van der Waals surface area contributed by atoms with E-state index in [4.69, 9.17) is 5.11 Å². The average Bonchev–Trinajstić information content (AvgIpc) is 2.01. The Bertz CT molecular complexity index is 347. The van der Waals surface area contributed by atoms with Gasteiger partial charge in [-0.2, -0.15) is 0 Å². The first-order chi connectivity index (χ1) is 6.39. The highest BCUT2D eigenvalue weighted by Gasteiger charge is 2.24. The van der Waals surface area contributed by atoms with Crippen molar-refractivity contribution in [2.75, 3.05) is 0 Å². The molecule has 0 bridgehead atoms. The van der Waals surface area contributed by atoms with Crippen molar-refractivity contribution >= 4 is 5.97 Å². The summed E-state index contributed by atoms with van der Waals surface area (Å²) in [7, 11) is 0. The van der Waals surface area contributed by atoms with Crippen LogP contribution in [0.15, 0.2) is 18.3 Å². The first-order valence-electron chi connectivity index (χ1n) is 3.94. The van der Waals surface area contributed by atoms with E-state index < -0.39 is 11.9 Å². The third-order valence-corrected chi connectivity index (χ3v) is 1.66. The van der Waals surface area contributed by atoms with Gasteiger partial charge in [-0.3, -0.25) is 9.78 Å². The third kappa shape index (κ3) is 2.76. The zero-order valence-electron chi connectivity index (χ0n) is 7.50. The van der Waals surface area contributed by atoms with E-state index in [1.807, 2.05) is 0 Å². The van der Waals surface area contributed by atoms with Gasteiger partial charge in [0.2, 0.25) is 0 Å². The summed E-state index contributed by atoms with van der Waals surface area (Å²) in [6.45, 7) is 0.757. The van der Waals surface area contributed by atoms with Crippen LogP contribution < -0.4 is 0 Å². The Labute approximate surface area is 79.4 Å². The van der Waals surface area contributed by atoms with E-state index in [-0.39, 0.29) is 17.7 Å². The highest BCUT2D eigenvalue weighted by molar-refractivity contribution is 5.69. The van der Waals surface area contributed by atoms with Crippen LogP contribution in [0.3, 0.4) is 0 Å². The van der Waals surface area contributed by atoms with Gasteiger partial charge < -0.3 is 5.11 Å². The molecular formula is C9H9F2NO2. The largest absolute Gasteiger partial charge is 0.481 e. The lowest BCUT2D eigenvalue weighted by atomic mass is 10.1. The number of hydrogen-bond donors (Lipinski definition) is 1.